The van der Waals surface area contributed by atoms with Crippen LogP contribution in [-0.2, 0) is 13.0 Å². The van der Waals surface area contributed by atoms with Crippen molar-refractivity contribution in [2.24, 2.45) is 0 Å². The summed E-state index contributed by atoms with van der Waals surface area (Å²) >= 11 is 0. The summed E-state index contributed by atoms with van der Waals surface area (Å²) in [7, 11) is 0. The maximum Gasteiger partial charge on any atom is 0.0825 e. The normalized spacial score (nSPS) is 10.6. The molecule has 0 saturated carbocycles. The highest BCUT2D eigenvalue weighted by Crippen LogP contribution is 2.15. The molecule has 2 aromatic rings. The summed E-state index contributed by atoms with van der Waals surface area (Å²) in [6.07, 6.45) is 0.988. The Hall–Kier alpha value is -1.77. The van der Waals surface area contributed by atoms with Gasteiger partial charge in [0.15, 0.2) is 0 Å². The Kier molecular flexibility index (Phi) is 2.95. The topological polar surface area (TPSA) is 43.8 Å². The first-order valence-electron chi connectivity index (χ1n) is 5.52. The maximum absolute atomic E-state index is 5.89. The second-order valence-electron chi connectivity index (χ2n) is 4.04. The fourth-order valence-electron chi connectivity index (χ4n) is 1.81. The standard InChI is InChI=1S/C13H17N3/c1-10-13(14)11(2)16(15-10)9-8-12-6-4-3-5-7-12/h3-7H,8-9,14H2,1-2H3. The number of rotatable bonds is 3. The lowest BCUT2D eigenvalue weighted by Crippen LogP contribution is -2.05. The molecule has 1 aromatic carbocycles. The van der Waals surface area contributed by atoms with E-state index >= 15 is 0 Å². The van der Waals surface area contributed by atoms with Gasteiger partial charge in [-0.25, -0.2) is 0 Å². The summed E-state index contributed by atoms with van der Waals surface area (Å²) in [6.45, 7) is 4.84. The predicted octanol–water partition coefficient (Wildman–Crippen LogP) is 2.32. The number of anilines is 1. The fraction of sp³-hybridized carbons (Fsp3) is 0.308. The monoisotopic (exact) mass is 215 g/mol. The van der Waals surface area contributed by atoms with E-state index < -0.39 is 0 Å². The Morgan fingerprint density at radius 2 is 1.88 bits per heavy atom. The first-order valence-corrected chi connectivity index (χ1v) is 5.52. The van der Waals surface area contributed by atoms with Gasteiger partial charge in [0.2, 0.25) is 0 Å². The Morgan fingerprint density at radius 1 is 1.19 bits per heavy atom. The van der Waals surface area contributed by atoms with Gasteiger partial charge in [0, 0.05) is 6.54 Å². The van der Waals surface area contributed by atoms with E-state index in [1.165, 1.54) is 5.56 Å². The molecule has 3 nitrogen and oxygen atoms in total. The number of aryl methyl sites for hydroxylation is 3. The third-order valence-electron chi connectivity index (χ3n) is 2.89. The van der Waals surface area contributed by atoms with Crippen LogP contribution in [-0.4, -0.2) is 9.78 Å². The first kappa shape index (κ1) is 10.7. The SMILES string of the molecule is Cc1nn(CCc2ccccc2)c(C)c1N. The predicted molar refractivity (Wildman–Crippen MR) is 66.3 cm³/mol. The van der Waals surface area contributed by atoms with E-state index in [4.69, 9.17) is 5.73 Å². The summed E-state index contributed by atoms with van der Waals surface area (Å²) in [4.78, 5) is 0. The van der Waals surface area contributed by atoms with Crippen LogP contribution in [0.5, 0.6) is 0 Å². The minimum Gasteiger partial charge on any atom is -0.396 e. The molecule has 0 radical (unpaired) electrons. The van der Waals surface area contributed by atoms with E-state index in [0.29, 0.717) is 0 Å². The van der Waals surface area contributed by atoms with Crippen molar-refractivity contribution in [1.82, 2.24) is 9.78 Å². The van der Waals surface area contributed by atoms with Gasteiger partial charge >= 0.3 is 0 Å². The fourth-order valence-corrected chi connectivity index (χ4v) is 1.81. The molecule has 2 N–H and O–H groups in total. The van der Waals surface area contributed by atoms with Crippen molar-refractivity contribution in [2.75, 3.05) is 5.73 Å². The lowest BCUT2D eigenvalue weighted by atomic mass is 10.1. The molecule has 3 heteroatoms. The number of hydrogen-bond donors (Lipinski definition) is 1. The Balaban J connectivity index is 2.08. The third-order valence-corrected chi connectivity index (χ3v) is 2.89. The third kappa shape index (κ3) is 2.08. The molecule has 16 heavy (non-hydrogen) atoms. The van der Waals surface area contributed by atoms with Crippen LogP contribution in [0.4, 0.5) is 5.69 Å². The van der Waals surface area contributed by atoms with E-state index in [0.717, 1.165) is 30.0 Å². The van der Waals surface area contributed by atoms with Crippen LogP contribution in [0.1, 0.15) is 17.0 Å². The van der Waals surface area contributed by atoms with Gasteiger partial charge in [-0.15, -0.1) is 0 Å². The zero-order valence-corrected chi connectivity index (χ0v) is 9.77. The van der Waals surface area contributed by atoms with Crippen molar-refractivity contribution in [2.45, 2.75) is 26.8 Å². The van der Waals surface area contributed by atoms with Crippen molar-refractivity contribution in [3.05, 3.63) is 47.3 Å². The number of nitrogens with two attached hydrogens (primary N) is 1. The van der Waals surface area contributed by atoms with Gasteiger partial charge in [-0.1, -0.05) is 30.3 Å². The Bertz CT molecular complexity index is 471. The molecule has 0 aliphatic rings. The zero-order valence-electron chi connectivity index (χ0n) is 9.77. The molecule has 0 aliphatic heterocycles. The number of nitrogen functional groups attached to an aromatic ring is 1. The van der Waals surface area contributed by atoms with Gasteiger partial charge in [0.05, 0.1) is 17.1 Å². The molecule has 1 aromatic heterocycles. The number of aromatic nitrogens is 2. The summed E-state index contributed by atoms with van der Waals surface area (Å²) in [5.41, 5.74) is 10.0. The molecule has 0 unspecified atom stereocenters. The van der Waals surface area contributed by atoms with E-state index in [9.17, 15) is 0 Å². The zero-order chi connectivity index (χ0) is 11.5. The second kappa shape index (κ2) is 4.39. The molecule has 1 heterocycles. The summed E-state index contributed by atoms with van der Waals surface area (Å²) in [6, 6.07) is 10.4. The van der Waals surface area contributed by atoms with Crippen molar-refractivity contribution < 1.29 is 0 Å². The molecule has 0 fully saturated rings. The van der Waals surface area contributed by atoms with Crippen molar-refractivity contribution in [1.29, 1.82) is 0 Å². The molecule has 0 amide bonds. The van der Waals surface area contributed by atoms with Gasteiger partial charge in [0.25, 0.3) is 0 Å². The van der Waals surface area contributed by atoms with Crippen molar-refractivity contribution >= 4 is 5.69 Å². The minimum absolute atomic E-state index is 0.813. The molecule has 0 bridgehead atoms. The summed E-state index contributed by atoms with van der Waals surface area (Å²) in [5.74, 6) is 0. The van der Waals surface area contributed by atoms with Gasteiger partial charge < -0.3 is 5.73 Å². The minimum atomic E-state index is 0.813. The van der Waals surface area contributed by atoms with E-state index in [2.05, 4.69) is 29.4 Å². The molecule has 0 spiro atoms. The highest BCUT2D eigenvalue weighted by atomic mass is 15.3. The van der Waals surface area contributed by atoms with E-state index in [-0.39, 0.29) is 0 Å². The van der Waals surface area contributed by atoms with Crippen LogP contribution in [0.2, 0.25) is 0 Å². The first-order chi connectivity index (χ1) is 7.68. The van der Waals surface area contributed by atoms with Crippen LogP contribution in [0.25, 0.3) is 0 Å². The van der Waals surface area contributed by atoms with Crippen LogP contribution in [0.15, 0.2) is 30.3 Å². The molecular formula is C13H17N3. The lowest BCUT2D eigenvalue weighted by Gasteiger charge is -2.04. The molecule has 0 atom stereocenters. The molecular weight excluding hydrogens is 198 g/mol. The molecule has 84 valence electrons. The average Bonchev–Trinajstić information content (AvgIpc) is 2.56. The molecule has 2 rings (SSSR count). The van der Waals surface area contributed by atoms with Crippen LogP contribution in [0.3, 0.4) is 0 Å². The second-order valence-corrected chi connectivity index (χ2v) is 4.04. The maximum atomic E-state index is 5.89. The Morgan fingerprint density at radius 3 is 2.44 bits per heavy atom. The molecule has 0 saturated heterocycles. The quantitative estimate of drug-likeness (QED) is 0.854. The van der Waals surface area contributed by atoms with E-state index in [1.807, 2.05) is 24.6 Å². The Labute approximate surface area is 95.9 Å². The van der Waals surface area contributed by atoms with Crippen molar-refractivity contribution in [3.63, 3.8) is 0 Å². The summed E-state index contributed by atoms with van der Waals surface area (Å²) in [5, 5.41) is 4.42. The van der Waals surface area contributed by atoms with Gasteiger partial charge in [-0.3, -0.25) is 4.68 Å². The van der Waals surface area contributed by atoms with Gasteiger partial charge in [0.1, 0.15) is 0 Å². The van der Waals surface area contributed by atoms with Crippen LogP contribution >= 0.6 is 0 Å². The number of nitrogens with zero attached hydrogens (tertiary/aromatic N) is 2. The van der Waals surface area contributed by atoms with Crippen LogP contribution < -0.4 is 5.73 Å². The highest BCUT2D eigenvalue weighted by Gasteiger charge is 2.07. The largest absolute Gasteiger partial charge is 0.396 e. The van der Waals surface area contributed by atoms with E-state index in [1.54, 1.807) is 0 Å². The smallest absolute Gasteiger partial charge is 0.0825 e. The van der Waals surface area contributed by atoms with Gasteiger partial charge in [-0.05, 0) is 25.8 Å². The summed E-state index contributed by atoms with van der Waals surface area (Å²) < 4.78 is 1.98. The molecule has 0 aliphatic carbocycles. The number of benzene rings is 1. The van der Waals surface area contributed by atoms with Gasteiger partial charge in [-0.2, -0.15) is 5.10 Å². The van der Waals surface area contributed by atoms with Crippen LogP contribution in [0, 0.1) is 13.8 Å². The van der Waals surface area contributed by atoms with Crippen molar-refractivity contribution in [3.8, 4) is 0 Å². The highest BCUT2D eigenvalue weighted by molar-refractivity contribution is 5.46. The number of hydrogen-bond acceptors (Lipinski definition) is 2. The lowest BCUT2D eigenvalue weighted by molar-refractivity contribution is 0.594. The average molecular weight is 215 g/mol.